The molecule has 0 radical (unpaired) electrons. The van der Waals surface area contributed by atoms with Gasteiger partial charge >= 0.3 is 0 Å². The second kappa shape index (κ2) is 9.44. The molecule has 1 atom stereocenters. The van der Waals surface area contributed by atoms with Gasteiger partial charge in [0.2, 0.25) is 10.0 Å². The molecule has 0 spiro atoms. The van der Waals surface area contributed by atoms with Crippen molar-refractivity contribution in [3.63, 3.8) is 0 Å². The number of rotatable bonds is 6. The molecule has 5 nitrogen and oxygen atoms in total. The number of benzene rings is 3. The molecule has 0 saturated carbocycles. The largest absolute Gasteiger partial charge is 0.345 e. The van der Waals surface area contributed by atoms with Gasteiger partial charge in [-0.1, -0.05) is 36.4 Å². The van der Waals surface area contributed by atoms with Crippen molar-refractivity contribution in [2.45, 2.75) is 35.7 Å². The third-order valence-corrected chi connectivity index (χ3v) is 7.91. The minimum absolute atomic E-state index is 0.0230. The molecule has 1 amide bonds. The minimum Gasteiger partial charge on any atom is -0.345 e. The number of aryl methyl sites for hydroxylation is 1. The topological polar surface area (TPSA) is 75.3 Å². The van der Waals surface area contributed by atoms with Crippen LogP contribution in [-0.4, -0.2) is 20.1 Å². The monoisotopic (exact) mass is 470 g/mol. The van der Waals surface area contributed by atoms with Crippen LogP contribution >= 0.6 is 11.8 Å². The van der Waals surface area contributed by atoms with Crippen molar-refractivity contribution in [2.75, 3.05) is 5.75 Å². The third-order valence-electron chi connectivity index (χ3n) is 5.39. The number of sulfonamides is 1. The number of amides is 1. The lowest BCUT2D eigenvalue weighted by atomic mass is 10.0. The van der Waals surface area contributed by atoms with E-state index < -0.39 is 10.0 Å². The molecule has 3 aromatic rings. The standard InChI is InChI=1S/C24H23FN2O3S2/c1-16-7-9-19(32(29,30)26-15-17-5-3-2-4-6-17)14-20(16)24(28)27-22-11-12-31-23-10-8-18(25)13-21(22)23/h2-10,13-14,22,26H,11-12,15H2,1H3,(H,27,28). The lowest BCUT2D eigenvalue weighted by Crippen LogP contribution is -2.31. The van der Waals surface area contributed by atoms with E-state index in [9.17, 15) is 17.6 Å². The third kappa shape index (κ3) is 5.03. The maximum absolute atomic E-state index is 13.8. The molecule has 1 heterocycles. The fourth-order valence-corrected chi connectivity index (χ4v) is 5.77. The first-order valence-electron chi connectivity index (χ1n) is 10.2. The summed E-state index contributed by atoms with van der Waals surface area (Å²) in [4.78, 5) is 14.0. The van der Waals surface area contributed by atoms with Crippen LogP contribution in [0.2, 0.25) is 0 Å². The van der Waals surface area contributed by atoms with Crippen molar-refractivity contribution in [3.8, 4) is 0 Å². The van der Waals surface area contributed by atoms with Gasteiger partial charge in [-0.3, -0.25) is 4.79 Å². The highest BCUT2D eigenvalue weighted by atomic mass is 32.2. The lowest BCUT2D eigenvalue weighted by Gasteiger charge is -2.26. The van der Waals surface area contributed by atoms with Crippen molar-refractivity contribution < 1.29 is 17.6 Å². The number of thioether (sulfide) groups is 1. The first kappa shape index (κ1) is 22.5. The van der Waals surface area contributed by atoms with Gasteiger partial charge in [0, 0.05) is 22.8 Å². The van der Waals surface area contributed by atoms with Crippen LogP contribution in [0.1, 0.15) is 39.5 Å². The highest BCUT2D eigenvalue weighted by molar-refractivity contribution is 7.99. The molecule has 0 bridgehead atoms. The number of carbonyl (C=O) groups excluding carboxylic acids is 1. The van der Waals surface area contributed by atoms with Crippen molar-refractivity contribution in [1.82, 2.24) is 10.0 Å². The summed E-state index contributed by atoms with van der Waals surface area (Å²) in [6.45, 7) is 1.91. The molecule has 0 fully saturated rings. The number of hydrogen-bond donors (Lipinski definition) is 2. The summed E-state index contributed by atoms with van der Waals surface area (Å²) in [7, 11) is -3.80. The predicted molar refractivity (Wildman–Crippen MR) is 124 cm³/mol. The summed E-state index contributed by atoms with van der Waals surface area (Å²) in [5, 5.41) is 2.96. The Kier molecular flexibility index (Phi) is 6.64. The van der Waals surface area contributed by atoms with E-state index in [0.717, 1.165) is 21.8 Å². The molecule has 8 heteroatoms. The van der Waals surface area contributed by atoms with Gasteiger partial charge in [-0.15, -0.1) is 11.8 Å². The van der Waals surface area contributed by atoms with E-state index in [0.29, 0.717) is 12.0 Å². The molecule has 1 aliphatic heterocycles. The number of fused-ring (bicyclic) bond motifs is 1. The zero-order valence-electron chi connectivity index (χ0n) is 17.5. The lowest BCUT2D eigenvalue weighted by molar-refractivity contribution is 0.0934. The Morgan fingerprint density at radius 2 is 1.88 bits per heavy atom. The molecule has 1 unspecified atom stereocenters. The van der Waals surface area contributed by atoms with Crippen LogP contribution in [0.5, 0.6) is 0 Å². The normalized spacial score (nSPS) is 15.8. The Morgan fingerprint density at radius 1 is 1.09 bits per heavy atom. The van der Waals surface area contributed by atoms with Gasteiger partial charge in [-0.2, -0.15) is 0 Å². The van der Waals surface area contributed by atoms with Gasteiger partial charge < -0.3 is 5.32 Å². The quantitative estimate of drug-likeness (QED) is 0.553. The molecule has 2 N–H and O–H groups in total. The van der Waals surface area contributed by atoms with Crippen molar-refractivity contribution in [3.05, 3.63) is 94.8 Å². The molecule has 0 aliphatic carbocycles. The van der Waals surface area contributed by atoms with E-state index >= 15 is 0 Å². The highest BCUT2D eigenvalue weighted by Gasteiger charge is 2.25. The van der Waals surface area contributed by atoms with Gasteiger partial charge in [0.05, 0.1) is 10.9 Å². The Labute approximate surface area is 191 Å². The Balaban J connectivity index is 1.54. The average Bonchev–Trinajstić information content (AvgIpc) is 2.79. The number of hydrogen-bond acceptors (Lipinski definition) is 4. The van der Waals surface area contributed by atoms with Crippen LogP contribution in [0.15, 0.2) is 76.5 Å². The molecule has 3 aromatic carbocycles. The van der Waals surface area contributed by atoms with Gasteiger partial charge in [0.1, 0.15) is 5.82 Å². The van der Waals surface area contributed by atoms with Crippen LogP contribution in [0.25, 0.3) is 0 Å². The summed E-state index contributed by atoms with van der Waals surface area (Å²) in [5.41, 5.74) is 2.53. The fourth-order valence-electron chi connectivity index (χ4n) is 3.62. The second-order valence-electron chi connectivity index (χ2n) is 7.63. The number of carbonyl (C=O) groups is 1. The fraction of sp³-hybridized carbons (Fsp3) is 0.208. The first-order chi connectivity index (χ1) is 15.3. The van der Waals surface area contributed by atoms with Crippen LogP contribution in [0.3, 0.4) is 0 Å². The Bertz CT molecular complexity index is 1250. The number of halogens is 1. The Hall–Kier alpha value is -2.68. The summed E-state index contributed by atoms with van der Waals surface area (Å²) < 4.78 is 41.9. The molecule has 166 valence electrons. The molecule has 4 rings (SSSR count). The van der Waals surface area contributed by atoms with E-state index in [2.05, 4.69) is 10.0 Å². The minimum atomic E-state index is -3.80. The van der Waals surface area contributed by atoms with E-state index in [-0.39, 0.29) is 34.8 Å². The SMILES string of the molecule is Cc1ccc(S(=O)(=O)NCc2ccccc2)cc1C(=O)NC1CCSc2ccc(F)cc21. The van der Waals surface area contributed by atoms with Crippen LogP contribution in [-0.2, 0) is 16.6 Å². The van der Waals surface area contributed by atoms with Crippen molar-refractivity contribution in [1.29, 1.82) is 0 Å². The molecule has 0 aromatic heterocycles. The highest BCUT2D eigenvalue weighted by Crippen LogP contribution is 2.36. The maximum Gasteiger partial charge on any atom is 0.252 e. The molecular weight excluding hydrogens is 447 g/mol. The summed E-state index contributed by atoms with van der Waals surface area (Å²) in [6, 6.07) is 18.0. The number of nitrogens with one attached hydrogen (secondary N) is 2. The van der Waals surface area contributed by atoms with Crippen molar-refractivity contribution in [2.24, 2.45) is 0 Å². The molecule has 32 heavy (non-hydrogen) atoms. The average molecular weight is 471 g/mol. The van der Waals surface area contributed by atoms with Crippen LogP contribution in [0.4, 0.5) is 4.39 Å². The van der Waals surface area contributed by atoms with E-state index in [1.54, 1.807) is 30.8 Å². The summed E-state index contributed by atoms with van der Waals surface area (Å²) >= 11 is 1.63. The molecule has 1 aliphatic rings. The maximum atomic E-state index is 13.8. The predicted octanol–water partition coefficient (Wildman–Crippen LogP) is 4.58. The van der Waals surface area contributed by atoms with Crippen LogP contribution in [0, 0.1) is 12.7 Å². The summed E-state index contributed by atoms with van der Waals surface area (Å²) in [5.74, 6) is 0.0781. The van der Waals surface area contributed by atoms with E-state index in [1.807, 2.05) is 30.3 Å². The van der Waals surface area contributed by atoms with Gasteiger partial charge in [0.15, 0.2) is 0 Å². The van der Waals surface area contributed by atoms with E-state index in [4.69, 9.17) is 0 Å². The van der Waals surface area contributed by atoms with E-state index in [1.165, 1.54) is 24.3 Å². The zero-order chi connectivity index (χ0) is 22.7. The smallest absolute Gasteiger partial charge is 0.252 e. The van der Waals surface area contributed by atoms with Gasteiger partial charge in [-0.25, -0.2) is 17.5 Å². The Morgan fingerprint density at radius 3 is 2.66 bits per heavy atom. The zero-order valence-corrected chi connectivity index (χ0v) is 19.1. The molecular formula is C24H23FN2O3S2. The first-order valence-corrected chi connectivity index (χ1v) is 12.7. The second-order valence-corrected chi connectivity index (χ2v) is 10.5. The summed E-state index contributed by atoms with van der Waals surface area (Å²) in [6.07, 6.45) is 0.669. The van der Waals surface area contributed by atoms with Gasteiger partial charge in [-0.05, 0) is 60.4 Å². The van der Waals surface area contributed by atoms with Crippen molar-refractivity contribution >= 4 is 27.7 Å². The van der Waals surface area contributed by atoms with Gasteiger partial charge in [0.25, 0.3) is 5.91 Å². The molecule has 0 saturated heterocycles. The van der Waals surface area contributed by atoms with Crippen LogP contribution < -0.4 is 10.0 Å².